The fourth-order valence-corrected chi connectivity index (χ4v) is 2.53. The quantitative estimate of drug-likeness (QED) is 0.713. The van der Waals surface area contributed by atoms with Crippen LogP contribution < -0.4 is 5.32 Å². The molecule has 2 heterocycles. The maximum Gasteiger partial charge on any atom is 0.0715 e. The lowest BCUT2D eigenvalue weighted by atomic mass is 10.2. The molecule has 0 amide bonds. The van der Waals surface area contributed by atoms with E-state index >= 15 is 0 Å². The van der Waals surface area contributed by atoms with Gasteiger partial charge in [0.25, 0.3) is 0 Å². The Morgan fingerprint density at radius 3 is 2.76 bits per heavy atom. The molecule has 2 N–H and O–H groups in total. The van der Waals surface area contributed by atoms with Gasteiger partial charge in [-0.1, -0.05) is 11.6 Å². The Bertz CT molecular complexity index is 737. The molecule has 21 heavy (non-hydrogen) atoms. The third-order valence-corrected chi connectivity index (χ3v) is 3.65. The van der Waals surface area contributed by atoms with E-state index in [1.54, 1.807) is 6.20 Å². The molecule has 108 valence electrons. The summed E-state index contributed by atoms with van der Waals surface area (Å²) in [5, 5.41) is 14.0. The molecule has 0 aliphatic heterocycles. The number of aliphatic hydroxyl groups is 1. The van der Waals surface area contributed by atoms with E-state index in [9.17, 15) is 0 Å². The summed E-state index contributed by atoms with van der Waals surface area (Å²) in [7, 11) is 0. The molecule has 1 aromatic carbocycles. The first-order valence-corrected chi connectivity index (χ1v) is 7.19. The van der Waals surface area contributed by atoms with E-state index in [2.05, 4.69) is 21.1 Å². The predicted molar refractivity (Wildman–Crippen MR) is 84.9 cm³/mol. The summed E-state index contributed by atoms with van der Waals surface area (Å²) in [6.45, 7) is 1.43. The van der Waals surface area contributed by atoms with E-state index in [1.807, 2.05) is 36.5 Å². The predicted octanol–water partition coefficient (Wildman–Crippen LogP) is 2.76. The molecule has 0 fully saturated rings. The van der Waals surface area contributed by atoms with Crippen molar-refractivity contribution in [3.63, 3.8) is 0 Å². The Morgan fingerprint density at radius 1 is 1.19 bits per heavy atom. The molecule has 0 saturated heterocycles. The summed E-state index contributed by atoms with van der Waals surface area (Å²) in [6.07, 6.45) is 5.75. The molecule has 0 aliphatic carbocycles. The second-order valence-electron chi connectivity index (χ2n) is 4.79. The number of fused-ring (bicyclic) bond motifs is 1. The van der Waals surface area contributed by atoms with Crippen molar-refractivity contribution in [1.82, 2.24) is 14.9 Å². The first-order chi connectivity index (χ1) is 10.3. The van der Waals surface area contributed by atoms with Gasteiger partial charge < -0.3 is 15.0 Å². The smallest absolute Gasteiger partial charge is 0.0715 e. The van der Waals surface area contributed by atoms with Crippen LogP contribution in [0.15, 0.2) is 48.9 Å². The monoisotopic (exact) mass is 301 g/mol. The van der Waals surface area contributed by atoms with Crippen molar-refractivity contribution in [2.75, 3.05) is 13.2 Å². The number of nitrogens with one attached hydrogen (secondary N) is 1. The van der Waals surface area contributed by atoms with Gasteiger partial charge in [-0.3, -0.25) is 4.98 Å². The molecule has 3 aromatic rings. The molecule has 2 aromatic heterocycles. The van der Waals surface area contributed by atoms with Crippen molar-refractivity contribution in [2.45, 2.75) is 6.54 Å². The Kier molecular flexibility index (Phi) is 4.20. The maximum absolute atomic E-state index is 8.88. The van der Waals surface area contributed by atoms with Crippen molar-refractivity contribution >= 4 is 22.5 Å². The molecule has 0 unspecified atom stereocenters. The molecule has 0 spiro atoms. The van der Waals surface area contributed by atoms with Crippen LogP contribution in [0.1, 0.15) is 5.56 Å². The number of aromatic nitrogens is 2. The fourth-order valence-electron chi connectivity index (χ4n) is 2.40. The number of pyridine rings is 1. The van der Waals surface area contributed by atoms with Gasteiger partial charge in [-0.2, -0.15) is 0 Å². The van der Waals surface area contributed by atoms with Crippen LogP contribution in [0, 0.1) is 0 Å². The summed E-state index contributed by atoms with van der Waals surface area (Å²) >= 11 is 5.95. The van der Waals surface area contributed by atoms with E-state index < -0.39 is 0 Å². The van der Waals surface area contributed by atoms with Crippen LogP contribution in [0.3, 0.4) is 0 Å². The molecule has 5 heteroatoms. The Hall–Kier alpha value is -1.88. The number of nitrogens with zero attached hydrogens (tertiary/aromatic N) is 2. The van der Waals surface area contributed by atoms with E-state index in [0.29, 0.717) is 13.1 Å². The van der Waals surface area contributed by atoms with Crippen LogP contribution in [0.5, 0.6) is 0 Å². The van der Waals surface area contributed by atoms with Gasteiger partial charge >= 0.3 is 0 Å². The van der Waals surface area contributed by atoms with Crippen LogP contribution in [-0.2, 0) is 6.54 Å². The maximum atomic E-state index is 8.88. The third-order valence-electron chi connectivity index (χ3n) is 3.40. The first-order valence-electron chi connectivity index (χ1n) is 6.81. The lowest BCUT2D eigenvalue weighted by Crippen LogP contribution is -2.17. The van der Waals surface area contributed by atoms with Crippen molar-refractivity contribution in [1.29, 1.82) is 0 Å². The Labute approximate surface area is 128 Å². The minimum Gasteiger partial charge on any atom is -0.395 e. The summed E-state index contributed by atoms with van der Waals surface area (Å²) in [6, 6.07) is 9.74. The van der Waals surface area contributed by atoms with Gasteiger partial charge in [0.1, 0.15) is 0 Å². The number of rotatable bonds is 5. The normalized spacial score (nSPS) is 11.1. The van der Waals surface area contributed by atoms with Gasteiger partial charge in [0.05, 0.1) is 18.3 Å². The molecule has 0 saturated carbocycles. The zero-order valence-electron chi connectivity index (χ0n) is 11.5. The SMILES string of the molecule is OCCNCc1cn(-c2ccc(Cl)cc2)c2cnccc12. The highest BCUT2D eigenvalue weighted by Crippen LogP contribution is 2.24. The van der Waals surface area contributed by atoms with Crippen LogP contribution in [0.25, 0.3) is 16.6 Å². The van der Waals surface area contributed by atoms with E-state index in [1.165, 1.54) is 5.56 Å². The van der Waals surface area contributed by atoms with Gasteiger partial charge in [-0.05, 0) is 35.9 Å². The first kappa shape index (κ1) is 14.1. The average Bonchev–Trinajstić information content (AvgIpc) is 2.88. The highest BCUT2D eigenvalue weighted by Gasteiger charge is 2.09. The molecule has 3 rings (SSSR count). The standard InChI is InChI=1S/C16H16ClN3O/c17-13-1-3-14(4-2-13)20-11-12(9-19-7-8-21)15-5-6-18-10-16(15)20/h1-6,10-11,19,21H,7-9H2. The molecule has 0 atom stereocenters. The van der Waals surface area contributed by atoms with Crippen molar-refractivity contribution in [3.8, 4) is 5.69 Å². The number of aliphatic hydroxyl groups excluding tert-OH is 1. The second-order valence-corrected chi connectivity index (χ2v) is 5.23. The zero-order chi connectivity index (χ0) is 14.7. The number of hydrogen-bond acceptors (Lipinski definition) is 3. The minimum absolute atomic E-state index is 0.136. The lowest BCUT2D eigenvalue weighted by Gasteiger charge is -2.04. The number of hydrogen-bond donors (Lipinski definition) is 2. The van der Waals surface area contributed by atoms with Crippen molar-refractivity contribution in [3.05, 3.63) is 59.5 Å². The molecular weight excluding hydrogens is 286 g/mol. The number of halogens is 1. The van der Waals surface area contributed by atoms with Gasteiger partial charge in [0.2, 0.25) is 0 Å². The molecule has 0 radical (unpaired) electrons. The zero-order valence-corrected chi connectivity index (χ0v) is 12.2. The van der Waals surface area contributed by atoms with Crippen molar-refractivity contribution < 1.29 is 5.11 Å². The Balaban J connectivity index is 2.04. The van der Waals surface area contributed by atoms with Crippen LogP contribution in [0.4, 0.5) is 0 Å². The van der Waals surface area contributed by atoms with E-state index in [0.717, 1.165) is 21.6 Å². The van der Waals surface area contributed by atoms with Crippen LogP contribution in [-0.4, -0.2) is 27.8 Å². The minimum atomic E-state index is 0.136. The summed E-state index contributed by atoms with van der Waals surface area (Å²) in [4.78, 5) is 4.22. The van der Waals surface area contributed by atoms with Gasteiger partial charge in [0.15, 0.2) is 0 Å². The summed E-state index contributed by atoms with van der Waals surface area (Å²) in [5.41, 5.74) is 3.28. The van der Waals surface area contributed by atoms with Gasteiger partial charge in [0, 0.05) is 41.6 Å². The highest BCUT2D eigenvalue weighted by atomic mass is 35.5. The van der Waals surface area contributed by atoms with E-state index in [-0.39, 0.29) is 6.61 Å². The average molecular weight is 302 g/mol. The second kappa shape index (κ2) is 6.26. The highest BCUT2D eigenvalue weighted by molar-refractivity contribution is 6.30. The molecular formula is C16H16ClN3O. The summed E-state index contributed by atoms with van der Waals surface area (Å²) < 4.78 is 2.11. The number of benzene rings is 1. The summed E-state index contributed by atoms with van der Waals surface area (Å²) in [5.74, 6) is 0. The van der Waals surface area contributed by atoms with Gasteiger partial charge in [-0.25, -0.2) is 0 Å². The Morgan fingerprint density at radius 2 is 2.00 bits per heavy atom. The molecule has 0 bridgehead atoms. The molecule has 4 nitrogen and oxygen atoms in total. The molecule has 0 aliphatic rings. The van der Waals surface area contributed by atoms with Crippen molar-refractivity contribution in [2.24, 2.45) is 0 Å². The van der Waals surface area contributed by atoms with Crippen LogP contribution in [0.2, 0.25) is 5.02 Å². The fraction of sp³-hybridized carbons (Fsp3) is 0.188. The van der Waals surface area contributed by atoms with Gasteiger partial charge in [-0.15, -0.1) is 0 Å². The topological polar surface area (TPSA) is 50.1 Å². The largest absolute Gasteiger partial charge is 0.395 e. The van der Waals surface area contributed by atoms with Crippen LogP contribution >= 0.6 is 11.6 Å². The lowest BCUT2D eigenvalue weighted by molar-refractivity contribution is 0.292. The van der Waals surface area contributed by atoms with E-state index in [4.69, 9.17) is 16.7 Å². The third kappa shape index (κ3) is 2.93.